The largest absolute Gasteiger partial charge is 0.508 e. The lowest BCUT2D eigenvalue weighted by atomic mass is 9.65. The van der Waals surface area contributed by atoms with E-state index in [1.807, 2.05) is 12.1 Å². The van der Waals surface area contributed by atoms with E-state index < -0.39 is 0 Å². The fourth-order valence-electron chi connectivity index (χ4n) is 6.64. The summed E-state index contributed by atoms with van der Waals surface area (Å²) in [5, 5.41) is 9.56. The Hall–Kier alpha value is -0.980. The predicted molar refractivity (Wildman–Crippen MR) is 130 cm³/mol. The van der Waals surface area contributed by atoms with Gasteiger partial charge in [-0.15, -0.1) is 0 Å². The average molecular weight is 413 g/mol. The second-order valence-corrected chi connectivity index (χ2v) is 10.9. The van der Waals surface area contributed by atoms with Gasteiger partial charge in [0.25, 0.3) is 0 Å². The summed E-state index contributed by atoms with van der Waals surface area (Å²) in [6.07, 6.45) is 20.4. The highest BCUT2D eigenvalue weighted by Gasteiger charge is 2.33. The molecule has 0 radical (unpaired) electrons. The molecular formula is C29H48O. The van der Waals surface area contributed by atoms with Crippen LogP contribution < -0.4 is 0 Å². The lowest BCUT2D eigenvalue weighted by Crippen LogP contribution is -2.29. The monoisotopic (exact) mass is 412 g/mol. The maximum atomic E-state index is 9.56. The molecule has 2 fully saturated rings. The number of phenols is 1. The highest BCUT2D eigenvalue weighted by atomic mass is 16.3. The summed E-state index contributed by atoms with van der Waals surface area (Å²) in [6, 6.07) is 7.94. The van der Waals surface area contributed by atoms with Crippen LogP contribution in [0.15, 0.2) is 24.3 Å². The summed E-state index contributed by atoms with van der Waals surface area (Å²) in [6.45, 7) is 7.29. The highest BCUT2D eigenvalue weighted by Crippen LogP contribution is 2.45. The fourth-order valence-corrected chi connectivity index (χ4v) is 6.64. The van der Waals surface area contributed by atoms with E-state index in [0.29, 0.717) is 11.7 Å². The first-order valence-corrected chi connectivity index (χ1v) is 13.4. The van der Waals surface area contributed by atoms with Crippen molar-refractivity contribution in [1.29, 1.82) is 0 Å². The van der Waals surface area contributed by atoms with E-state index in [1.165, 1.54) is 95.5 Å². The smallest absolute Gasteiger partial charge is 0.115 e. The van der Waals surface area contributed by atoms with Gasteiger partial charge in [0.2, 0.25) is 0 Å². The molecule has 2 saturated carbocycles. The van der Waals surface area contributed by atoms with Crippen molar-refractivity contribution in [3.63, 3.8) is 0 Å². The van der Waals surface area contributed by atoms with Gasteiger partial charge in [-0.25, -0.2) is 0 Å². The van der Waals surface area contributed by atoms with Crippen LogP contribution in [0.3, 0.4) is 0 Å². The molecule has 2 aliphatic rings. The van der Waals surface area contributed by atoms with Crippen LogP contribution in [0.2, 0.25) is 0 Å². The first-order valence-electron chi connectivity index (χ1n) is 13.4. The van der Waals surface area contributed by atoms with Gasteiger partial charge >= 0.3 is 0 Å². The van der Waals surface area contributed by atoms with Crippen molar-refractivity contribution in [3.05, 3.63) is 29.8 Å². The first-order chi connectivity index (χ1) is 14.6. The molecule has 1 N–H and O–H groups in total. The standard InChI is InChI=1S/C29H48O/c1-4-5-6-7-8-9-24-10-12-25(13-11-24)22(2)26-14-16-27(17-15-26)23(3)28-18-20-29(30)21-19-28/h18-27,30H,4-17H2,1-3H3. The van der Waals surface area contributed by atoms with Crippen molar-refractivity contribution >= 4 is 0 Å². The Morgan fingerprint density at radius 1 is 0.733 bits per heavy atom. The molecule has 1 aromatic rings. The van der Waals surface area contributed by atoms with Gasteiger partial charge in [-0.3, -0.25) is 0 Å². The summed E-state index contributed by atoms with van der Waals surface area (Å²) < 4.78 is 0. The maximum absolute atomic E-state index is 9.56. The molecule has 0 saturated heterocycles. The van der Waals surface area contributed by atoms with Gasteiger partial charge in [0.1, 0.15) is 5.75 Å². The molecule has 2 atom stereocenters. The summed E-state index contributed by atoms with van der Waals surface area (Å²) in [4.78, 5) is 0. The molecule has 0 amide bonds. The first kappa shape index (κ1) is 23.7. The second-order valence-electron chi connectivity index (χ2n) is 10.9. The van der Waals surface area contributed by atoms with Crippen LogP contribution in [-0.4, -0.2) is 5.11 Å². The van der Waals surface area contributed by atoms with Gasteiger partial charge in [0.05, 0.1) is 0 Å². The van der Waals surface area contributed by atoms with E-state index in [1.54, 1.807) is 0 Å². The molecule has 3 rings (SSSR count). The number of hydrogen-bond acceptors (Lipinski definition) is 1. The zero-order chi connectivity index (χ0) is 21.3. The summed E-state index contributed by atoms with van der Waals surface area (Å²) in [5.74, 6) is 5.75. The van der Waals surface area contributed by atoms with Gasteiger partial charge in [-0.2, -0.15) is 0 Å². The van der Waals surface area contributed by atoms with Gasteiger partial charge in [0, 0.05) is 0 Å². The Morgan fingerprint density at radius 3 is 1.87 bits per heavy atom. The Kier molecular flexibility index (Phi) is 9.60. The Balaban J connectivity index is 1.36. The molecule has 2 aliphatic carbocycles. The van der Waals surface area contributed by atoms with Crippen LogP contribution in [-0.2, 0) is 0 Å². The lowest BCUT2D eigenvalue weighted by Gasteiger charge is -2.40. The lowest BCUT2D eigenvalue weighted by molar-refractivity contribution is 0.118. The van der Waals surface area contributed by atoms with Crippen molar-refractivity contribution < 1.29 is 5.11 Å². The molecular weight excluding hydrogens is 364 g/mol. The van der Waals surface area contributed by atoms with E-state index >= 15 is 0 Å². The molecule has 0 heterocycles. The van der Waals surface area contributed by atoms with E-state index in [4.69, 9.17) is 0 Å². The molecule has 0 bridgehead atoms. The molecule has 1 heteroatoms. The molecule has 2 unspecified atom stereocenters. The van der Waals surface area contributed by atoms with Crippen LogP contribution in [0.4, 0.5) is 0 Å². The highest BCUT2D eigenvalue weighted by molar-refractivity contribution is 5.28. The summed E-state index contributed by atoms with van der Waals surface area (Å²) in [7, 11) is 0. The van der Waals surface area contributed by atoms with Gasteiger partial charge < -0.3 is 5.11 Å². The molecule has 0 spiro atoms. The van der Waals surface area contributed by atoms with E-state index in [9.17, 15) is 5.11 Å². The third kappa shape index (κ3) is 6.76. The minimum atomic E-state index is 0.384. The second kappa shape index (κ2) is 12.2. The Labute approximate surface area is 187 Å². The quantitative estimate of drug-likeness (QED) is 0.380. The maximum Gasteiger partial charge on any atom is 0.115 e. The van der Waals surface area contributed by atoms with Crippen molar-refractivity contribution in [2.75, 3.05) is 0 Å². The third-order valence-corrected chi connectivity index (χ3v) is 9.04. The Bertz CT molecular complexity index is 575. The van der Waals surface area contributed by atoms with Crippen molar-refractivity contribution in [1.82, 2.24) is 0 Å². The minimum Gasteiger partial charge on any atom is -0.508 e. The fraction of sp³-hybridized carbons (Fsp3) is 0.793. The summed E-state index contributed by atoms with van der Waals surface area (Å²) >= 11 is 0. The van der Waals surface area contributed by atoms with Gasteiger partial charge in [-0.05, 0) is 91.7 Å². The van der Waals surface area contributed by atoms with Crippen LogP contribution in [0.5, 0.6) is 5.75 Å². The normalized spacial score (nSPS) is 29.4. The summed E-state index contributed by atoms with van der Waals surface area (Å²) in [5.41, 5.74) is 1.40. The minimum absolute atomic E-state index is 0.384. The van der Waals surface area contributed by atoms with Crippen LogP contribution in [0, 0.1) is 29.6 Å². The van der Waals surface area contributed by atoms with Crippen LogP contribution in [0.25, 0.3) is 0 Å². The number of phenolic OH excluding ortho intramolecular Hbond substituents is 1. The van der Waals surface area contributed by atoms with E-state index in [2.05, 4.69) is 32.9 Å². The number of hydrogen-bond donors (Lipinski definition) is 1. The number of unbranched alkanes of at least 4 members (excludes halogenated alkanes) is 4. The molecule has 170 valence electrons. The SMILES string of the molecule is CCCCCCCC1CCC(C(C)C2CCC(C(C)c3ccc(O)cc3)CC2)CC1. The van der Waals surface area contributed by atoms with Crippen LogP contribution in [0.1, 0.15) is 122 Å². The number of aromatic hydroxyl groups is 1. The van der Waals surface area contributed by atoms with Gasteiger partial charge in [0.15, 0.2) is 0 Å². The Morgan fingerprint density at radius 2 is 1.27 bits per heavy atom. The molecule has 0 aliphatic heterocycles. The molecule has 30 heavy (non-hydrogen) atoms. The molecule has 1 aromatic carbocycles. The topological polar surface area (TPSA) is 20.2 Å². The zero-order valence-electron chi connectivity index (χ0n) is 20.1. The van der Waals surface area contributed by atoms with Gasteiger partial charge in [-0.1, -0.05) is 84.3 Å². The predicted octanol–water partition coefficient (Wildman–Crippen LogP) is 9.11. The average Bonchev–Trinajstić information content (AvgIpc) is 2.79. The molecule has 0 aromatic heterocycles. The van der Waals surface area contributed by atoms with Crippen molar-refractivity contribution in [3.8, 4) is 5.75 Å². The van der Waals surface area contributed by atoms with Crippen molar-refractivity contribution in [2.24, 2.45) is 29.6 Å². The number of rotatable bonds is 10. The number of benzene rings is 1. The third-order valence-electron chi connectivity index (χ3n) is 9.04. The van der Waals surface area contributed by atoms with Crippen molar-refractivity contribution in [2.45, 2.75) is 117 Å². The van der Waals surface area contributed by atoms with E-state index in [0.717, 1.165) is 29.6 Å². The zero-order valence-corrected chi connectivity index (χ0v) is 20.1. The van der Waals surface area contributed by atoms with Crippen LogP contribution >= 0.6 is 0 Å². The molecule has 1 nitrogen and oxygen atoms in total. The van der Waals surface area contributed by atoms with E-state index in [-0.39, 0.29) is 0 Å².